The molecule has 0 saturated heterocycles. The highest BCUT2D eigenvalue weighted by molar-refractivity contribution is 5.97. The number of rotatable bonds is 4. The average Bonchev–Trinajstić information content (AvgIpc) is 2.27. The van der Waals surface area contributed by atoms with Crippen LogP contribution in [0.1, 0.15) is 16.1 Å². The van der Waals surface area contributed by atoms with Gasteiger partial charge in [0.2, 0.25) is 5.88 Å². The third-order valence-electron chi connectivity index (χ3n) is 2.14. The van der Waals surface area contributed by atoms with Crippen LogP contribution in [0.3, 0.4) is 0 Å². The van der Waals surface area contributed by atoms with E-state index < -0.39 is 11.9 Å². The van der Waals surface area contributed by atoms with Gasteiger partial charge in [-0.3, -0.25) is 9.59 Å². The van der Waals surface area contributed by atoms with E-state index >= 15 is 0 Å². The Labute approximate surface area is 98.8 Å². The number of carbonyl (C=O) groups excluding carboxylic acids is 1. The molecule has 6 heteroatoms. The summed E-state index contributed by atoms with van der Waals surface area (Å²) in [4.78, 5) is 27.6. The minimum Gasteiger partial charge on any atom is -0.480 e. The lowest BCUT2D eigenvalue weighted by atomic mass is 10.2. The first-order valence-electron chi connectivity index (χ1n) is 4.94. The van der Waals surface area contributed by atoms with E-state index in [0.29, 0.717) is 0 Å². The van der Waals surface area contributed by atoms with Gasteiger partial charge in [0.15, 0.2) is 0 Å². The van der Waals surface area contributed by atoms with Gasteiger partial charge < -0.3 is 14.7 Å². The molecule has 0 saturated carbocycles. The molecule has 0 aliphatic heterocycles. The maximum Gasteiger partial charge on any atom is 0.323 e. The quantitative estimate of drug-likeness (QED) is 0.828. The van der Waals surface area contributed by atoms with E-state index in [4.69, 9.17) is 9.84 Å². The Hall–Kier alpha value is -2.11. The molecule has 0 unspecified atom stereocenters. The Kier molecular flexibility index (Phi) is 4.03. The largest absolute Gasteiger partial charge is 0.480 e. The number of pyridine rings is 1. The van der Waals surface area contributed by atoms with E-state index in [1.54, 1.807) is 19.1 Å². The number of aromatic nitrogens is 1. The maximum absolute atomic E-state index is 11.9. The number of carboxylic acids is 1. The number of nitrogens with zero attached hydrogens (tertiary/aromatic N) is 2. The second-order valence-corrected chi connectivity index (χ2v) is 3.56. The van der Waals surface area contributed by atoms with Crippen molar-refractivity contribution in [2.45, 2.75) is 6.92 Å². The number of hydrogen-bond donors (Lipinski definition) is 1. The summed E-state index contributed by atoms with van der Waals surface area (Å²) in [5.74, 6) is -1.30. The monoisotopic (exact) mass is 238 g/mol. The van der Waals surface area contributed by atoms with Crippen molar-refractivity contribution < 1.29 is 19.4 Å². The number of hydrogen-bond acceptors (Lipinski definition) is 4. The second kappa shape index (κ2) is 5.29. The number of ether oxygens (including phenoxy) is 1. The molecule has 1 heterocycles. The van der Waals surface area contributed by atoms with Crippen molar-refractivity contribution in [2.75, 3.05) is 20.7 Å². The molecule has 92 valence electrons. The molecule has 0 fully saturated rings. The van der Waals surface area contributed by atoms with Gasteiger partial charge >= 0.3 is 5.97 Å². The van der Waals surface area contributed by atoms with Gasteiger partial charge in [-0.25, -0.2) is 4.98 Å². The lowest BCUT2D eigenvalue weighted by molar-refractivity contribution is -0.137. The van der Waals surface area contributed by atoms with Gasteiger partial charge in [0.1, 0.15) is 12.1 Å². The van der Waals surface area contributed by atoms with Crippen molar-refractivity contribution in [2.24, 2.45) is 0 Å². The van der Waals surface area contributed by atoms with Gasteiger partial charge in [-0.15, -0.1) is 0 Å². The summed E-state index contributed by atoms with van der Waals surface area (Å²) in [6.45, 7) is 1.41. The van der Waals surface area contributed by atoms with Gasteiger partial charge in [-0.2, -0.15) is 0 Å². The number of methoxy groups -OCH3 is 1. The summed E-state index contributed by atoms with van der Waals surface area (Å²) in [6.07, 6.45) is 0. The fourth-order valence-corrected chi connectivity index (χ4v) is 1.33. The summed E-state index contributed by atoms with van der Waals surface area (Å²) in [7, 11) is 2.82. The predicted octanol–water partition coefficient (Wildman–Crippen LogP) is 0.555. The average molecular weight is 238 g/mol. The molecule has 0 radical (unpaired) electrons. The molecule has 0 aromatic carbocycles. The Balaban J connectivity index is 2.99. The highest BCUT2D eigenvalue weighted by Gasteiger charge is 2.19. The Morgan fingerprint density at radius 2 is 2.12 bits per heavy atom. The zero-order chi connectivity index (χ0) is 13.0. The minimum atomic E-state index is -1.07. The summed E-state index contributed by atoms with van der Waals surface area (Å²) < 4.78 is 5.00. The van der Waals surface area contributed by atoms with Crippen molar-refractivity contribution in [1.29, 1.82) is 0 Å². The third kappa shape index (κ3) is 3.17. The van der Waals surface area contributed by atoms with Gasteiger partial charge in [0.25, 0.3) is 5.91 Å². The summed E-state index contributed by atoms with van der Waals surface area (Å²) in [5.41, 5.74) is 0.973. The van der Waals surface area contributed by atoms with Crippen LogP contribution in [0.5, 0.6) is 5.88 Å². The zero-order valence-electron chi connectivity index (χ0n) is 9.93. The van der Waals surface area contributed by atoms with Crippen molar-refractivity contribution in [3.05, 3.63) is 23.4 Å². The molecule has 1 rings (SSSR count). The zero-order valence-corrected chi connectivity index (χ0v) is 9.93. The van der Waals surface area contributed by atoms with E-state index in [1.807, 2.05) is 0 Å². The normalized spacial score (nSPS) is 9.82. The fourth-order valence-electron chi connectivity index (χ4n) is 1.33. The van der Waals surface area contributed by atoms with Crippen LogP contribution in [-0.4, -0.2) is 47.6 Å². The van der Waals surface area contributed by atoms with Crippen molar-refractivity contribution in [3.63, 3.8) is 0 Å². The number of aryl methyl sites for hydroxylation is 1. The molecule has 0 aliphatic carbocycles. The van der Waals surface area contributed by atoms with Gasteiger partial charge in [0.05, 0.1) is 7.11 Å². The van der Waals surface area contributed by atoms with Crippen LogP contribution in [0.2, 0.25) is 0 Å². The Morgan fingerprint density at radius 1 is 1.47 bits per heavy atom. The number of carbonyl (C=O) groups is 2. The first-order valence-corrected chi connectivity index (χ1v) is 4.94. The van der Waals surface area contributed by atoms with Crippen LogP contribution in [0.4, 0.5) is 0 Å². The van der Waals surface area contributed by atoms with Gasteiger partial charge in [-0.1, -0.05) is 0 Å². The predicted molar refractivity (Wildman–Crippen MR) is 60.1 cm³/mol. The van der Waals surface area contributed by atoms with Gasteiger partial charge in [0, 0.05) is 12.7 Å². The first-order chi connectivity index (χ1) is 7.95. The van der Waals surface area contributed by atoms with E-state index in [1.165, 1.54) is 14.2 Å². The topological polar surface area (TPSA) is 79.7 Å². The number of amides is 1. The van der Waals surface area contributed by atoms with Crippen molar-refractivity contribution in [1.82, 2.24) is 9.88 Å². The second-order valence-electron chi connectivity index (χ2n) is 3.56. The molecule has 0 spiro atoms. The molecule has 0 atom stereocenters. The van der Waals surface area contributed by atoms with Crippen LogP contribution >= 0.6 is 0 Å². The first kappa shape index (κ1) is 13.0. The molecule has 0 bridgehead atoms. The van der Waals surface area contributed by atoms with E-state index in [-0.39, 0.29) is 18.0 Å². The molecule has 1 aromatic rings. The third-order valence-corrected chi connectivity index (χ3v) is 2.14. The standard InChI is InChI=1S/C11H14N2O4/c1-7-4-5-8(10(12-7)17-3)11(16)13(2)6-9(14)15/h4-5H,6H2,1-3H3,(H,14,15). The Morgan fingerprint density at radius 3 is 2.65 bits per heavy atom. The summed E-state index contributed by atoms with van der Waals surface area (Å²) in [6, 6.07) is 3.24. The molecule has 6 nitrogen and oxygen atoms in total. The SMILES string of the molecule is COc1nc(C)ccc1C(=O)N(C)CC(=O)O. The van der Waals surface area contributed by atoms with Crippen LogP contribution in [0.15, 0.2) is 12.1 Å². The highest BCUT2D eigenvalue weighted by Crippen LogP contribution is 2.17. The van der Waals surface area contributed by atoms with E-state index in [0.717, 1.165) is 10.6 Å². The Bertz CT molecular complexity index is 445. The lowest BCUT2D eigenvalue weighted by Crippen LogP contribution is -2.32. The van der Waals surface area contributed by atoms with E-state index in [2.05, 4.69) is 4.98 Å². The minimum absolute atomic E-state index is 0.201. The molecular weight excluding hydrogens is 224 g/mol. The lowest BCUT2D eigenvalue weighted by Gasteiger charge is -2.16. The molecule has 1 amide bonds. The van der Waals surface area contributed by atoms with Crippen LogP contribution in [0.25, 0.3) is 0 Å². The number of carboxylic acid groups (broad SMARTS) is 1. The van der Waals surface area contributed by atoms with Crippen molar-refractivity contribution in [3.8, 4) is 5.88 Å². The maximum atomic E-state index is 11.9. The highest BCUT2D eigenvalue weighted by atomic mass is 16.5. The number of likely N-dealkylation sites (N-methyl/N-ethyl adjacent to an activating group) is 1. The molecule has 1 aromatic heterocycles. The van der Waals surface area contributed by atoms with Crippen molar-refractivity contribution >= 4 is 11.9 Å². The number of aliphatic carboxylic acids is 1. The smallest absolute Gasteiger partial charge is 0.323 e. The molecular formula is C11H14N2O4. The van der Waals surface area contributed by atoms with Crippen LogP contribution in [0, 0.1) is 6.92 Å². The van der Waals surface area contributed by atoms with Gasteiger partial charge in [-0.05, 0) is 19.1 Å². The summed E-state index contributed by atoms with van der Waals surface area (Å²) in [5, 5.41) is 8.61. The van der Waals surface area contributed by atoms with Crippen LogP contribution in [-0.2, 0) is 4.79 Å². The molecule has 0 aliphatic rings. The van der Waals surface area contributed by atoms with E-state index in [9.17, 15) is 9.59 Å². The molecule has 17 heavy (non-hydrogen) atoms. The summed E-state index contributed by atoms with van der Waals surface area (Å²) >= 11 is 0. The fraction of sp³-hybridized carbons (Fsp3) is 0.364. The molecule has 1 N–H and O–H groups in total. The van der Waals surface area contributed by atoms with Crippen LogP contribution < -0.4 is 4.74 Å².